The number of halogens is 6. The van der Waals surface area contributed by atoms with Crippen molar-refractivity contribution in [2.75, 3.05) is 23.0 Å². The van der Waals surface area contributed by atoms with Gasteiger partial charge in [-0.3, -0.25) is 0 Å². The minimum absolute atomic E-state index is 0. The van der Waals surface area contributed by atoms with Crippen LogP contribution in [0, 0.1) is 6.33 Å². The molecule has 0 radical (unpaired) electrons. The third-order valence-corrected chi connectivity index (χ3v) is 14.3. The van der Waals surface area contributed by atoms with E-state index in [-0.39, 0.29) is 95.5 Å². The van der Waals surface area contributed by atoms with Crippen molar-refractivity contribution in [1.82, 2.24) is 9.78 Å². The van der Waals surface area contributed by atoms with E-state index in [9.17, 15) is 0 Å². The zero-order valence-corrected chi connectivity index (χ0v) is 43.1. The molecule has 0 unspecified atom stereocenters. The topological polar surface area (TPSA) is 21.7 Å². The molecule has 1 aromatic heterocycles. The Morgan fingerprint density at radius 2 is 0.862 bits per heavy atom. The molecule has 1 aliphatic rings. The van der Waals surface area contributed by atoms with Crippen LogP contribution in [0.1, 0.15) is 23.9 Å². The zero-order valence-electron chi connectivity index (χ0n) is 31.7. The summed E-state index contributed by atoms with van der Waals surface area (Å²) < 4.78 is 4.09. The number of fused-ring (bicyclic) bond motifs is 1. The molecule has 3 nitrogen and oxygen atoms in total. The molecule has 0 fully saturated rings. The molecule has 306 valence electrons. The van der Waals surface area contributed by atoms with Crippen molar-refractivity contribution < 1.29 is 73.6 Å². The van der Waals surface area contributed by atoms with Gasteiger partial charge in [-0.2, -0.15) is 4.68 Å². The SMILES string of the molecule is ClCCl.ClCCl.[I-].[I-].[Pt+2].[c-]1n(-c2ccccc2)nc2[n+]1[C@H](Cc1ccccc1)CC2.c1ccc(P(CCP(c2ccccc2)c2ccccc2)c2ccccc2)cc1. The van der Waals surface area contributed by atoms with Gasteiger partial charge in [-0.1, -0.05) is 182 Å². The first-order valence-electron chi connectivity index (χ1n) is 18.2. The van der Waals surface area contributed by atoms with Gasteiger partial charge in [-0.15, -0.1) is 46.4 Å². The van der Waals surface area contributed by atoms with Crippen molar-refractivity contribution in [2.24, 2.45) is 0 Å². The second kappa shape index (κ2) is 30.6. The summed E-state index contributed by atoms with van der Waals surface area (Å²) in [6.07, 6.45) is 9.06. The van der Waals surface area contributed by atoms with Crippen LogP contribution in [0.4, 0.5) is 0 Å². The van der Waals surface area contributed by atoms with E-state index >= 15 is 0 Å². The molecular formula is C46H45Cl4I2N3P2Pt. The van der Waals surface area contributed by atoms with E-state index in [4.69, 9.17) is 46.4 Å². The molecule has 0 spiro atoms. The third-order valence-electron chi connectivity index (χ3n) is 8.90. The van der Waals surface area contributed by atoms with Crippen molar-refractivity contribution in [3.63, 3.8) is 0 Å². The predicted molar refractivity (Wildman–Crippen MR) is 241 cm³/mol. The van der Waals surface area contributed by atoms with Crippen LogP contribution >= 0.6 is 62.2 Å². The first-order valence-corrected chi connectivity index (χ1v) is 23.4. The summed E-state index contributed by atoms with van der Waals surface area (Å²) in [5.74, 6) is 1.14. The predicted octanol–water partition coefficient (Wildman–Crippen LogP) is 4.79. The second-order valence-electron chi connectivity index (χ2n) is 12.4. The monoisotopic (exact) mass is 1290 g/mol. The van der Waals surface area contributed by atoms with Crippen LogP contribution in [-0.4, -0.2) is 32.8 Å². The number of hydrogen-bond acceptors (Lipinski definition) is 1. The fraction of sp³-hybridized carbons (Fsp3) is 0.174. The molecule has 58 heavy (non-hydrogen) atoms. The molecule has 0 saturated heterocycles. The molecule has 2 heterocycles. The largest absolute Gasteiger partial charge is 2.00 e. The van der Waals surface area contributed by atoms with Gasteiger partial charge >= 0.3 is 21.1 Å². The molecule has 0 N–H and O–H groups in total. The molecule has 0 saturated carbocycles. The average Bonchev–Trinajstić information content (AvgIpc) is 3.84. The average molecular weight is 1290 g/mol. The van der Waals surface area contributed by atoms with E-state index in [1.807, 2.05) is 22.9 Å². The van der Waals surface area contributed by atoms with Crippen LogP contribution in [-0.2, 0) is 33.9 Å². The summed E-state index contributed by atoms with van der Waals surface area (Å²) in [5, 5.41) is 11.0. The number of nitrogens with zero attached hydrogens (tertiary/aromatic N) is 3. The number of para-hydroxylation sites is 1. The molecule has 7 aromatic rings. The number of benzene rings is 6. The normalized spacial score (nSPS) is 12.1. The summed E-state index contributed by atoms with van der Waals surface area (Å²) in [6, 6.07) is 65.5. The Bertz CT molecular complexity index is 1900. The van der Waals surface area contributed by atoms with Crippen LogP contribution in [0.15, 0.2) is 182 Å². The zero-order chi connectivity index (χ0) is 38.5. The van der Waals surface area contributed by atoms with Crippen molar-refractivity contribution >= 4 is 83.5 Å². The van der Waals surface area contributed by atoms with E-state index in [1.165, 1.54) is 39.1 Å². The Morgan fingerprint density at radius 1 is 0.534 bits per heavy atom. The van der Waals surface area contributed by atoms with Gasteiger partial charge in [-0.05, 0) is 72.9 Å². The molecule has 0 amide bonds. The molecule has 12 heteroatoms. The van der Waals surface area contributed by atoms with E-state index in [1.54, 1.807) is 0 Å². The van der Waals surface area contributed by atoms with Crippen molar-refractivity contribution in [3.05, 3.63) is 200 Å². The fourth-order valence-electron chi connectivity index (χ4n) is 6.44. The molecular weight excluding hydrogens is 1250 g/mol. The summed E-state index contributed by atoms with van der Waals surface area (Å²) in [7, 11) is -0.696. The molecule has 1 atom stereocenters. The van der Waals surface area contributed by atoms with Gasteiger partial charge in [0.25, 0.3) is 0 Å². The van der Waals surface area contributed by atoms with Crippen LogP contribution < -0.4 is 73.7 Å². The Morgan fingerprint density at radius 3 is 1.22 bits per heavy atom. The summed E-state index contributed by atoms with van der Waals surface area (Å²) in [6.45, 7) is 0. The standard InChI is InChI=1S/C26H24P2.C18H17N3.2CH2Cl2.2HI.Pt/c1-5-13-23(14-6-1)27(24-15-7-2-8-16-24)21-22-28(25-17-9-3-10-18-25)26-19-11-4-12-20-26;1-3-7-15(8-4-1)13-17-11-12-18-19-21(14-20(17)18)16-9-5-2-6-10-16;2*2-1-3;;;/h1-20H,21-22H2;1-10,17H,11-13H2;2*1H2;2*1H;/q;;;;;;+2/p-2/t;17-;;;;;/m.0...../s1. The van der Waals surface area contributed by atoms with Gasteiger partial charge in [0, 0.05) is 12.1 Å². The maximum Gasteiger partial charge on any atom is 2.00 e. The number of hydrogen-bond donors (Lipinski definition) is 0. The first-order chi connectivity index (χ1) is 27.1. The van der Waals surface area contributed by atoms with Gasteiger partial charge in [0.15, 0.2) is 12.2 Å². The first kappa shape index (κ1) is 52.8. The Balaban J connectivity index is 0.000000345. The fourth-order valence-corrected chi connectivity index (χ4v) is 11.8. The smallest absolute Gasteiger partial charge is 1.00 e. The Hall–Kier alpha value is -1.37. The van der Waals surface area contributed by atoms with E-state index in [2.05, 4.69) is 180 Å². The molecule has 0 bridgehead atoms. The summed E-state index contributed by atoms with van der Waals surface area (Å²) in [5.41, 5.74) is 2.45. The summed E-state index contributed by atoms with van der Waals surface area (Å²) >= 11 is 19.1. The summed E-state index contributed by atoms with van der Waals surface area (Å²) in [4.78, 5) is 0. The number of alkyl halides is 4. The molecule has 1 aliphatic heterocycles. The van der Waals surface area contributed by atoms with Crippen molar-refractivity contribution in [2.45, 2.75) is 25.3 Å². The molecule has 8 rings (SSSR count). The molecule has 6 aromatic carbocycles. The van der Waals surface area contributed by atoms with Crippen LogP contribution in [0.25, 0.3) is 5.69 Å². The van der Waals surface area contributed by atoms with E-state index < -0.39 is 0 Å². The van der Waals surface area contributed by atoms with Crippen LogP contribution in [0.5, 0.6) is 0 Å². The minimum Gasteiger partial charge on any atom is -1.00 e. The van der Waals surface area contributed by atoms with Gasteiger partial charge in [0.2, 0.25) is 0 Å². The minimum atomic E-state index is -0.348. The molecule has 0 aliphatic carbocycles. The Kier molecular flexibility index (Phi) is 27.9. The van der Waals surface area contributed by atoms with E-state index in [0.717, 1.165) is 30.8 Å². The van der Waals surface area contributed by atoms with Gasteiger partial charge in [0.1, 0.15) is 0 Å². The quantitative estimate of drug-likeness (QED) is 0.0636. The van der Waals surface area contributed by atoms with Gasteiger partial charge in [0.05, 0.1) is 16.7 Å². The second-order valence-corrected chi connectivity index (χ2v) is 18.7. The number of aryl methyl sites for hydroxylation is 1. The third kappa shape index (κ3) is 16.8. The number of aromatic nitrogens is 3. The van der Waals surface area contributed by atoms with Gasteiger partial charge in [-0.25, -0.2) is 0 Å². The maximum absolute atomic E-state index is 4.76. The van der Waals surface area contributed by atoms with Crippen molar-refractivity contribution in [1.29, 1.82) is 0 Å². The van der Waals surface area contributed by atoms with E-state index in [0.29, 0.717) is 6.04 Å². The van der Waals surface area contributed by atoms with Crippen molar-refractivity contribution in [3.8, 4) is 5.69 Å². The number of rotatable bonds is 10. The van der Waals surface area contributed by atoms with Crippen LogP contribution in [0.2, 0.25) is 0 Å². The Labute approximate surface area is 416 Å². The maximum atomic E-state index is 4.76. The van der Waals surface area contributed by atoms with Gasteiger partial charge < -0.3 is 52.5 Å². The van der Waals surface area contributed by atoms with Crippen LogP contribution in [0.3, 0.4) is 0 Å².